The van der Waals surface area contributed by atoms with Crippen LogP contribution >= 0.6 is 15.9 Å². The van der Waals surface area contributed by atoms with E-state index in [1.54, 1.807) is 0 Å². The van der Waals surface area contributed by atoms with Gasteiger partial charge in [-0.2, -0.15) is 5.10 Å². The molecule has 0 aliphatic carbocycles. The van der Waals surface area contributed by atoms with Crippen LogP contribution in [0.2, 0.25) is 0 Å². The highest BCUT2D eigenvalue weighted by molar-refractivity contribution is 9.10. The Balaban J connectivity index is 2.33. The summed E-state index contributed by atoms with van der Waals surface area (Å²) in [5, 5.41) is 4.48. The van der Waals surface area contributed by atoms with E-state index in [1.807, 2.05) is 40.4 Å². The molecular formula is C13H14BrN5. The minimum Gasteiger partial charge on any atom is -0.369 e. The molecule has 2 N–H and O–H groups in total. The minimum atomic E-state index is 0.486. The summed E-state index contributed by atoms with van der Waals surface area (Å²) < 4.78 is 4.90. The standard InChI is InChI=1S/C13H14BrN5/c1-3-18-12-11(8(2)17-18)16-13(15)19(12)10-6-4-9(14)5-7-10/h4-7H,3H2,1-2H3,(H2,15,16). The van der Waals surface area contributed by atoms with Crippen molar-refractivity contribution >= 4 is 33.0 Å². The molecule has 0 bridgehead atoms. The lowest BCUT2D eigenvalue weighted by Crippen LogP contribution is -2.06. The molecule has 3 aromatic rings. The Hall–Kier alpha value is -1.82. The van der Waals surface area contributed by atoms with Crippen LogP contribution in [-0.4, -0.2) is 19.3 Å². The van der Waals surface area contributed by atoms with Crippen molar-refractivity contribution in [2.24, 2.45) is 0 Å². The van der Waals surface area contributed by atoms with Crippen molar-refractivity contribution in [2.45, 2.75) is 20.4 Å². The molecule has 2 aromatic heterocycles. The quantitative estimate of drug-likeness (QED) is 0.790. The normalized spacial score (nSPS) is 11.3. The van der Waals surface area contributed by atoms with Crippen LogP contribution in [-0.2, 0) is 6.54 Å². The number of anilines is 1. The van der Waals surface area contributed by atoms with Crippen LogP contribution in [0.3, 0.4) is 0 Å². The second-order valence-electron chi connectivity index (χ2n) is 4.36. The lowest BCUT2D eigenvalue weighted by atomic mass is 10.3. The fourth-order valence-electron chi connectivity index (χ4n) is 2.25. The maximum atomic E-state index is 6.06. The number of nitrogens with zero attached hydrogens (tertiary/aromatic N) is 4. The van der Waals surface area contributed by atoms with E-state index >= 15 is 0 Å². The molecule has 6 heteroatoms. The zero-order valence-corrected chi connectivity index (χ0v) is 12.3. The van der Waals surface area contributed by atoms with Crippen LogP contribution in [0.25, 0.3) is 16.9 Å². The molecule has 1 aromatic carbocycles. The van der Waals surface area contributed by atoms with E-state index in [-0.39, 0.29) is 0 Å². The summed E-state index contributed by atoms with van der Waals surface area (Å²) in [5.74, 6) is 0.486. The van der Waals surface area contributed by atoms with E-state index in [0.29, 0.717) is 5.95 Å². The first-order chi connectivity index (χ1) is 9.11. The summed E-state index contributed by atoms with van der Waals surface area (Å²) in [6.07, 6.45) is 0. The third-order valence-corrected chi connectivity index (χ3v) is 3.65. The monoisotopic (exact) mass is 319 g/mol. The predicted molar refractivity (Wildman–Crippen MR) is 79.4 cm³/mol. The Kier molecular flexibility index (Phi) is 2.82. The lowest BCUT2D eigenvalue weighted by molar-refractivity contribution is 0.663. The number of nitrogens with two attached hydrogens (primary N) is 1. The van der Waals surface area contributed by atoms with Gasteiger partial charge in [-0.1, -0.05) is 15.9 Å². The molecule has 3 rings (SSSR count). The maximum Gasteiger partial charge on any atom is 0.207 e. The van der Waals surface area contributed by atoms with Gasteiger partial charge in [0.1, 0.15) is 5.52 Å². The molecule has 98 valence electrons. The molecule has 19 heavy (non-hydrogen) atoms. The number of rotatable bonds is 2. The summed E-state index contributed by atoms with van der Waals surface area (Å²) in [4.78, 5) is 4.43. The van der Waals surface area contributed by atoms with Crippen molar-refractivity contribution in [3.05, 3.63) is 34.4 Å². The van der Waals surface area contributed by atoms with Gasteiger partial charge in [0.25, 0.3) is 0 Å². The van der Waals surface area contributed by atoms with Gasteiger partial charge in [0, 0.05) is 11.0 Å². The minimum absolute atomic E-state index is 0.486. The van der Waals surface area contributed by atoms with Crippen molar-refractivity contribution in [1.82, 2.24) is 19.3 Å². The molecule has 0 aliphatic rings. The van der Waals surface area contributed by atoms with Gasteiger partial charge in [-0.3, -0.25) is 4.57 Å². The van der Waals surface area contributed by atoms with E-state index in [0.717, 1.165) is 33.6 Å². The Bertz CT molecular complexity index is 739. The second-order valence-corrected chi connectivity index (χ2v) is 5.27. The molecular weight excluding hydrogens is 306 g/mol. The van der Waals surface area contributed by atoms with Crippen molar-refractivity contribution < 1.29 is 0 Å². The zero-order valence-electron chi connectivity index (χ0n) is 10.8. The summed E-state index contributed by atoms with van der Waals surface area (Å²) >= 11 is 3.44. The fourth-order valence-corrected chi connectivity index (χ4v) is 2.51. The van der Waals surface area contributed by atoms with Crippen molar-refractivity contribution in [1.29, 1.82) is 0 Å². The van der Waals surface area contributed by atoms with Crippen LogP contribution in [0.15, 0.2) is 28.7 Å². The Morgan fingerprint density at radius 3 is 2.58 bits per heavy atom. The topological polar surface area (TPSA) is 61.7 Å². The van der Waals surface area contributed by atoms with Crippen LogP contribution in [0.4, 0.5) is 5.95 Å². The van der Waals surface area contributed by atoms with Gasteiger partial charge in [-0.25, -0.2) is 9.67 Å². The van der Waals surface area contributed by atoms with E-state index in [4.69, 9.17) is 5.73 Å². The first kappa shape index (κ1) is 12.2. The van der Waals surface area contributed by atoms with Crippen LogP contribution < -0.4 is 5.73 Å². The van der Waals surface area contributed by atoms with Gasteiger partial charge >= 0.3 is 0 Å². The lowest BCUT2D eigenvalue weighted by Gasteiger charge is -2.08. The van der Waals surface area contributed by atoms with Crippen molar-refractivity contribution in [3.63, 3.8) is 0 Å². The molecule has 0 atom stereocenters. The number of imidazole rings is 1. The average Bonchev–Trinajstić information content (AvgIpc) is 2.88. The number of hydrogen-bond acceptors (Lipinski definition) is 3. The summed E-state index contributed by atoms with van der Waals surface area (Å²) in [7, 11) is 0. The maximum absolute atomic E-state index is 6.06. The smallest absolute Gasteiger partial charge is 0.207 e. The summed E-state index contributed by atoms with van der Waals surface area (Å²) in [6.45, 7) is 4.79. The second kappa shape index (κ2) is 4.38. The number of aryl methyl sites for hydroxylation is 2. The van der Waals surface area contributed by atoms with E-state index in [9.17, 15) is 0 Å². The van der Waals surface area contributed by atoms with Gasteiger partial charge in [0.15, 0.2) is 5.65 Å². The molecule has 0 spiro atoms. The number of halogens is 1. The third kappa shape index (κ3) is 1.83. The number of aromatic nitrogens is 4. The number of benzene rings is 1. The summed E-state index contributed by atoms with van der Waals surface area (Å²) in [5.41, 5.74) is 9.75. The molecule has 0 aliphatic heterocycles. The Labute approximate surface area is 119 Å². The molecule has 0 fully saturated rings. The average molecular weight is 320 g/mol. The van der Waals surface area contributed by atoms with Gasteiger partial charge in [0.2, 0.25) is 5.95 Å². The van der Waals surface area contributed by atoms with E-state index in [2.05, 4.69) is 32.9 Å². The summed E-state index contributed by atoms with van der Waals surface area (Å²) in [6, 6.07) is 7.98. The van der Waals surface area contributed by atoms with Gasteiger partial charge in [-0.05, 0) is 38.1 Å². The molecule has 0 saturated carbocycles. The third-order valence-electron chi connectivity index (χ3n) is 3.12. The molecule has 0 saturated heterocycles. The largest absolute Gasteiger partial charge is 0.369 e. The van der Waals surface area contributed by atoms with Crippen LogP contribution in [0, 0.1) is 6.92 Å². The van der Waals surface area contributed by atoms with Crippen LogP contribution in [0.1, 0.15) is 12.6 Å². The van der Waals surface area contributed by atoms with E-state index < -0.39 is 0 Å². The Morgan fingerprint density at radius 2 is 1.95 bits per heavy atom. The first-order valence-corrected chi connectivity index (χ1v) is 6.88. The Morgan fingerprint density at radius 1 is 1.26 bits per heavy atom. The molecule has 0 unspecified atom stereocenters. The number of hydrogen-bond donors (Lipinski definition) is 1. The van der Waals surface area contributed by atoms with Crippen LogP contribution in [0.5, 0.6) is 0 Å². The molecule has 2 heterocycles. The van der Waals surface area contributed by atoms with Gasteiger partial charge in [-0.15, -0.1) is 0 Å². The van der Waals surface area contributed by atoms with Crippen molar-refractivity contribution in [3.8, 4) is 5.69 Å². The number of fused-ring (bicyclic) bond motifs is 1. The molecule has 5 nitrogen and oxygen atoms in total. The molecule has 0 amide bonds. The highest BCUT2D eigenvalue weighted by Crippen LogP contribution is 2.26. The van der Waals surface area contributed by atoms with Crippen molar-refractivity contribution in [2.75, 3.05) is 5.73 Å². The van der Waals surface area contributed by atoms with Gasteiger partial charge in [0.05, 0.1) is 11.4 Å². The number of nitrogen functional groups attached to an aromatic ring is 1. The first-order valence-electron chi connectivity index (χ1n) is 6.09. The zero-order chi connectivity index (χ0) is 13.6. The highest BCUT2D eigenvalue weighted by atomic mass is 79.9. The van der Waals surface area contributed by atoms with Gasteiger partial charge < -0.3 is 5.73 Å². The van der Waals surface area contributed by atoms with E-state index in [1.165, 1.54) is 0 Å². The molecule has 0 radical (unpaired) electrons. The SMILES string of the molecule is CCn1nc(C)c2nc(N)n(-c3ccc(Br)cc3)c21. The fraction of sp³-hybridized carbons (Fsp3) is 0.231. The predicted octanol–water partition coefficient (Wildman–Crippen LogP) is 2.90. The highest BCUT2D eigenvalue weighted by Gasteiger charge is 2.17.